The van der Waals surface area contributed by atoms with E-state index in [1.807, 2.05) is 0 Å². The average molecular weight is 334 g/mol. The highest BCUT2D eigenvalue weighted by Crippen LogP contribution is 2.24. The lowest BCUT2D eigenvalue weighted by Gasteiger charge is -2.10. The van der Waals surface area contributed by atoms with Crippen molar-refractivity contribution < 1.29 is 19.1 Å². The van der Waals surface area contributed by atoms with Gasteiger partial charge in [0.15, 0.2) is 0 Å². The summed E-state index contributed by atoms with van der Waals surface area (Å²) in [7, 11) is 2.74. The Morgan fingerprint density at radius 3 is 2.39 bits per heavy atom. The van der Waals surface area contributed by atoms with Crippen molar-refractivity contribution in [1.29, 1.82) is 0 Å². The molecule has 2 aromatic rings. The molecule has 2 rings (SSSR count). The highest BCUT2D eigenvalue weighted by atomic mass is 35.5. The summed E-state index contributed by atoms with van der Waals surface area (Å²) >= 11 is 5.81. The van der Waals surface area contributed by atoms with Gasteiger partial charge in [-0.25, -0.2) is 4.79 Å². The predicted octanol–water partition coefficient (Wildman–Crippen LogP) is 3.32. The van der Waals surface area contributed by atoms with Gasteiger partial charge in [0.05, 0.1) is 20.6 Å². The quantitative estimate of drug-likeness (QED) is 0.852. The molecule has 0 aliphatic heterocycles. The molecule has 23 heavy (non-hydrogen) atoms. The summed E-state index contributed by atoms with van der Waals surface area (Å²) in [6, 6.07) is 11.8. The molecule has 0 unspecified atom stereocenters. The molecule has 0 spiro atoms. The summed E-state index contributed by atoms with van der Waals surface area (Å²) in [5.74, 6) is -0.345. The van der Waals surface area contributed by atoms with Crippen LogP contribution in [0.4, 0.5) is 5.69 Å². The molecular weight excluding hydrogens is 318 g/mol. The van der Waals surface area contributed by atoms with Gasteiger partial charge in [-0.1, -0.05) is 23.7 Å². The molecule has 0 fully saturated rings. The molecule has 2 aromatic carbocycles. The molecule has 120 valence electrons. The standard InChI is InChI=1S/C17H16ClNO4/c1-22-15-10-13(7-8-14(15)17(21)23-2)19-16(20)9-11-3-5-12(18)6-4-11/h3-8,10H,9H2,1-2H3,(H,19,20). The van der Waals surface area contributed by atoms with Crippen LogP contribution < -0.4 is 10.1 Å². The molecule has 1 N–H and O–H groups in total. The molecule has 0 saturated carbocycles. The number of hydrogen-bond acceptors (Lipinski definition) is 4. The Hall–Kier alpha value is -2.53. The number of nitrogens with one attached hydrogen (secondary N) is 1. The third kappa shape index (κ3) is 4.47. The number of anilines is 1. The van der Waals surface area contributed by atoms with Gasteiger partial charge in [0, 0.05) is 16.8 Å². The molecule has 5 nitrogen and oxygen atoms in total. The molecule has 0 aliphatic rings. The van der Waals surface area contributed by atoms with Gasteiger partial charge in [-0.2, -0.15) is 0 Å². The van der Waals surface area contributed by atoms with Crippen molar-refractivity contribution in [2.45, 2.75) is 6.42 Å². The van der Waals surface area contributed by atoms with Gasteiger partial charge in [-0.05, 0) is 29.8 Å². The molecule has 6 heteroatoms. The number of amides is 1. The van der Waals surface area contributed by atoms with Gasteiger partial charge in [-0.3, -0.25) is 4.79 Å². The van der Waals surface area contributed by atoms with Crippen molar-refractivity contribution in [2.24, 2.45) is 0 Å². The lowest BCUT2D eigenvalue weighted by atomic mass is 10.1. The number of halogens is 1. The van der Waals surface area contributed by atoms with Gasteiger partial charge >= 0.3 is 5.97 Å². The Balaban J connectivity index is 2.08. The van der Waals surface area contributed by atoms with Crippen LogP contribution in [0.25, 0.3) is 0 Å². The largest absolute Gasteiger partial charge is 0.496 e. The van der Waals surface area contributed by atoms with Crippen LogP contribution in [0.5, 0.6) is 5.75 Å². The molecule has 0 saturated heterocycles. The van der Waals surface area contributed by atoms with Crippen molar-refractivity contribution in [2.75, 3.05) is 19.5 Å². The van der Waals surface area contributed by atoms with E-state index in [9.17, 15) is 9.59 Å². The lowest BCUT2D eigenvalue weighted by molar-refractivity contribution is -0.115. The summed E-state index contributed by atoms with van der Waals surface area (Å²) in [4.78, 5) is 23.7. The van der Waals surface area contributed by atoms with Crippen molar-refractivity contribution in [3.05, 3.63) is 58.6 Å². The summed E-state index contributed by atoms with van der Waals surface area (Å²) in [5.41, 5.74) is 1.68. The second-order valence-electron chi connectivity index (χ2n) is 4.76. The van der Waals surface area contributed by atoms with E-state index in [1.54, 1.807) is 42.5 Å². The fourth-order valence-corrected chi connectivity index (χ4v) is 2.17. The zero-order valence-electron chi connectivity index (χ0n) is 12.8. The first-order chi connectivity index (χ1) is 11.0. The second kappa shape index (κ2) is 7.65. The summed E-state index contributed by atoms with van der Waals surface area (Å²) in [6.45, 7) is 0. The molecule has 1 amide bonds. The van der Waals surface area contributed by atoms with E-state index in [2.05, 4.69) is 10.1 Å². The van der Waals surface area contributed by atoms with Gasteiger partial charge in [0.2, 0.25) is 5.91 Å². The van der Waals surface area contributed by atoms with Crippen LogP contribution in [0.2, 0.25) is 5.02 Å². The smallest absolute Gasteiger partial charge is 0.341 e. The van der Waals surface area contributed by atoms with Crippen LogP contribution in [-0.4, -0.2) is 26.1 Å². The Kier molecular flexibility index (Phi) is 5.60. The van der Waals surface area contributed by atoms with Crippen LogP contribution in [0, 0.1) is 0 Å². The van der Waals surface area contributed by atoms with Crippen LogP contribution in [-0.2, 0) is 16.0 Å². The molecule has 0 atom stereocenters. The minimum atomic E-state index is -0.499. The Bertz CT molecular complexity index is 713. The number of hydrogen-bond donors (Lipinski definition) is 1. The molecule has 0 aliphatic carbocycles. The number of carbonyl (C=O) groups is 2. The normalized spacial score (nSPS) is 10.0. The Morgan fingerprint density at radius 1 is 1.09 bits per heavy atom. The average Bonchev–Trinajstić information content (AvgIpc) is 2.56. The van der Waals surface area contributed by atoms with Crippen LogP contribution in [0.15, 0.2) is 42.5 Å². The highest BCUT2D eigenvalue weighted by molar-refractivity contribution is 6.30. The van der Waals surface area contributed by atoms with Crippen molar-refractivity contribution in [1.82, 2.24) is 0 Å². The van der Waals surface area contributed by atoms with E-state index in [-0.39, 0.29) is 12.3 Å². The fraction of sp³-hybridized carbons (Fsp3) is 0.176. The molecule has 0 bridgehead atoms. The minimum absolute atomic E-state index is 0.180. The minimum Gasteiger partial charge on any atom is -0.496 e. The van der Waals surface area contributed by atoms with E-state index in [0.717, 1.165) is 5.56 Å². The van der Waals surface area contributed by atoms with E-state index in [1.165, 1.54) is 14.2 Å². The van der Waals surface area contributed by atoms with Crippen LogP contribution in [0.3, 0.4) is 0 Å². The van der Waals surface area contributed by atoms with E-state index in [4.69, 9.17) is 16.3 Å². The number of benzene rings is 2. The number of carbonyl (C=O) groups excluding carboxylic acids is 2. The molecular formula is C17H16ClNO4. The van der Waals surface area contributed by atoms with Crippen LogP contribution >= 0.6 is 11.6 Å². The fourth-order valence-electron chi connectivity index (χ4n) is 2.04. The van der Waals surface area contributed by atoms with Gasteiger partial charge in [0.25, 0.3) is 0 Å². The zero-order chi connectivity index (χ0) is 16.8. The number of ether oxygens (including phenoxy) is 2. The third-order valence-electron chi connectivity index (χ3n) is 3.17. The Morgan fingerprint density at radius 2 is 1.78 bits per heavy atom. The molecule has 0 aromatic heterocycles. The summed E-state index contributed by atoms with van der Waals surface area (Å²) in [6.07, 6.45) is 0.220. The monoisotopic (exact) mass is 333 g/mol. The first-order valence-electron chi connectivity index (χ1n) is 6.84. The first-order valence-corrected chi connectivity index (χ1v) is 7.22. The topological polar surface area (TPSA) is 64.6 Å². The Labute approximate surface area is 139 Å². The molecule has 0 heterocycles. The number of methoxy groups -OCH3 is 2. The zero-order valence-corrected chi connectivity index (χ0v) is 13.5. The van der Waals surface area contributed by atoms with E-state index in [0.29, 0.717) is 22.0 Å². The SMILES string of the molecule is COC(=O)c1ccc(NC(=O)Cc2ccc(Cl)cc2)cc1OC. The van der Waals surface area contributed by atoms with Gasteiger partial charge in [-0.15, -0.1) is 0 Å². The van der Waals surface area contributed by atoms with E-state index >= 15 is 0 Å². The van der Waals surface area contributed by atoms with Crippen molar-refractivity contribution in [3.8, 4) is 5.75 Å². The van der Waals surface area contributed by atoms with Gasteiger partial charge < -0.3 is 14.8 Å². The number of esters is 1. The molecule has 0 radical (unpaired) electrons. The highest BCUT2D eigenvalue weighted by Gasteiger charge is 2.14. The summed E-state index contributed by atoms with van der Waals surface area (Å²) < 4.78 is 9.83. The van der Waals surface area contributed by atoms with Gasteiger partial charge in [0.1, 0.15) is 11.3 Å². The maximum Gasteiger partial charge on any atom is 0.341 e. The maximum absolute atomic E-state index is 12.1. The van der Waals surface area contributed by atoms with E-state index < -0.39 is 5.97 Å². The predicted molar refractivity (Wildman–Crippen MR) is 88.1 cm³/mol. The first kappa shape index (κ1) is 16.8. The second-order valence-corrected chi connectivity index (χ2v) is 5.19. The maximum atomic E-state index is 12.1. The lowest BCUT2D eigenvalue weighted by Crippen LogP contribution is -2.14. The van der Waals surface area contributed by atoms with Crippen molar-refractivity contribution >= 4 is 29.2 Å². The summed E-state index contributed by atoms with van der Waals surface area (Å²) in [5, 5.41) is 3.38. The third-order valence-corrected chi connectivity index (χ3v) is 3.42. The number of rotatable bonds is 5. The van der Waals surface area contributed by atoms with Crippen LogP contribution in [0.1, 0.15) is 15.9 Å². The van der Waals surface area contributed by atoms with Crippen molar-refractivity contribution in [3.63, 3.8) is 0 Å².